The van der Waals surface area contributed by atoms with Crippen molar-refractivity contribution in [3.63, 3.8) is 0 Å². The van der Waals surface area contributed by atoms with E-state index in [0.717, 1.165) is 17.2 Å². The minimum Gasteiger partial charge on any atom is -0.497 e. The Labute approximate surface area is 152 Å². The lowest BCUT2D eigenvalue weighted by molar-refractivity contribution is -0.207. The monoisotopic (exact) mass is 382 g/mol. The van der Waals surface area contributed by atoms with Gasteiger partial charge in [-0.15, -0.1) is 0 Å². The highest BCUT2D eigenvalue weighted by Crippen LogP contribution is 2.42. The first-order valence-electron chi connectivity index (χ1n) is 7.75. The fourth-order valence-electron chi connectivity index (χ4n) is 2.78. The van der Waals surface area contributed by atoms with Crippen molar-refractivity contribution in [3.05, 3.63) is 47.7 Å². The van der Waals surface area contributed by atoms with Crippen molar-refractivity contribution in [2.75, 3.05) is 12.0 Å². The maximum absolute atomic E-state index is 13.4. The van der Waals surface area contributed by atoms with Crippen molar-refractivity contribution in [3.8, 4) is 5.75 Å². The number of carbonyl (C=O) groups is 1. The van der Waals surface area contributed by atoms with E-state index in [2.05, 4.69) is 9.72 Å². The maximum atomic E-state index is 13.4. The van der Waals surface area contributed by atoms with E-state index >= 15 is 0 Å². The first-order valence-corrected chi connectivity index (χ1v) is 7.75. The summed E-state index contributed by atoms with van der Waals surface area (Å²) < 4.78 is 49.7. The van der Waals surface area contributed by atoms with E-state index in [0.29, 0.717) is 11.3 Å². The summed E-state index contributed by atoms with van der Waals surface area (Å²) in [5.74, 6) is 0.233. The number of aromatic nitrogens is 1. The molecule has 11 heteroatoms. The van der Waals surface area contributed by atoms with Gasteiger partial charge in [-0.05, 0) is 29.2 Å². The Morgan fingerprint density at radius 1 is 1.26 bits per heavy atom. The average Bonchev–Trinajstić information content (AvgIpc) is 2.62. The van der Waals surface area contributed by atoms with Crippen LogP contribution in [-0.4, -0.2) is 41.5 Å². The van der Waals surface area contributed by atoms with Crippen LogP contribution in [-0.2, 0) is 11.3 Å². The van der Waals surface area contributed by atoms with Gasteiger partial charge in [-0.3, -0.25) is 4.90 Å². The molecule has 2 heterocycles. The Morgan fingerprint density at radius 3 is 2.48 bits per heavy atom. The number of hydrogen-bond donors (Lipinski definition) is 2. The Balaban J connectivity index is 2.06. The van der Waals surface area contributed by atoms with Gasteiger partial charge in [0.15, 0.2) is 0 Å². The highest BCUT2D eigenvalue weighted by molar-refractivity contribution is 6.59. The van der Waals surface area contributed by atoms with E-state index in [4.69, 9.17) is 4.74 Å². The van der Waals surface area contributed by atoms with Crippen LogP contribution in [0, 0.1) is 0 Å². The highest BCUT2D eigenvalue weighted by atomic mass is 19.4. The molecular formula is C16H14BF3N2O5. The normalized spacial score (nSPS) is 16.6. The van der Waals surface area contributed by atoms with Gasteiger partial charge in [0, 0.05) is 11.8 Å². The SMILES string of the molecule is COc1ccc(CN2C(=O)OC(C(F)(F)F)c3c(B(O)O)ccnc32)cc1. The van der Waals surface area contributed by atoms with Crippen LogP contribution >= 0.6 is 0 Å². The van der Waals surface area contributed by atoms with Crippen molar-refractivity contribution in [1.29, 1.82) is 0 Å². The summed E-state index contributed by atoms with van der Waals surface area (Å²) in [5.41, 5.74) is -0.455. The standard InChI is InChI=1S/C16H14BF3N2O5/c1-26-10-4-2-9(3-5-10)8-22-14-12(11(17(24)25)6-7-21-14)13(16(18,19)20)27-15(22)23/h2-7,13,24-25H,8H2,1H3. The zero-order valence-corrected chi connectivity index (χ0v) is 14.0. The number of pyridine rings is 1. The number of nitrogens with zero attached hydrogens (tertiary/aromatic N) is 2. The molecule has 3 rings (SSSR count). The van der Waals surface area contributed by atoms with Crippen LogP contribution in [0.1, 0.15) is 17.2 Å². The van der Waals surface area contributed by atoms with Crippen LogP contribution < -0.4 is 15.1 Å². The van der Waals surface area contributed by atoms with Crippen molar-refractivity contribution in [2.45, 2.75) is 18.8 Å². The summed E-state index contributed by atoms with van der Waals surface area (Å²) in [7, 11) is -0.706. The van der Waals surface area contributed by atoms with Crippen LogP contribution in [0.2, 0.25) is 0 Å². The lowest BCUT2D eigenvalue weighted by atomic mass is 9.75. The molecule has 1 aliphatic heterocycles. The van der Waals surface area contributed by atoms with E-state index in [1.54, 1.807) is 24.3 Å². The van der Waals surface area contributed by atoms with Crippen LogP contribution in [0.15, 0.2) is 36.5 Å². The fourth-order valence-corrected chi connectivity index (χ4v) is 2.78. The predicted octanol–water partition coefficient (Wildman–Crippen LogP) is 1.53. The minimum absolute atomic E-state index is 0.127. The minimum atomic E-state index is -4.94. The Kier molecular flexibility index (Phi) is 4.98. The van der Waals surface area contributed by atoms with Gasteiger partial charge < -0.3 is 19.5 Å². The third-order valence-electron chi connectivity index (χ3n) is 4.03. The number of amides is 1. The van der Waals surface area contributed by atoms with Gasteiger partial charge in [0.1, 0.15) is 11.6 Å². The number of rotatable bonds is 4. The molecular weight excluding hydrogens is 368 g/mol. The molecule has 2 N–H and O–H groups in total. The van der Waals surface area contributed by atoms with Crippen molar-refractivity contribution >= 4 is 24.5 Å². The number of halogens is 3. The zero-order valence-electron chi connectivity index (χ0n) is 14.0. The lowest BCUT2D eigenvalue weighted by Gasteiger charge is -2.34. The lowest BCUT2D eigenvalue weighted by Crippen LogP contribution is -2.47. The van der Waals surface area contributed by atoms with Crippen molar-refractivity contribution in [2.24, 2.45) is 0 Å². The van der Waals surface area contributed by atoms with Gasteiger partial charge in [-0.1, -0.05) is 12.1 Å². The summed E-state index contributed by atoms with van der Waals surface area (Å²) in [5, 5.41) is 18.9. The molecule has 142 valence electrons. The number of anilines is 1. The van der Waals surface area contributed by atoms with Gasteiger partial charge >= 0.3 is 19.4 Å². The first-order chi connectivity index (χ1) is 12.7. The molecule has 1 atom stereocenters. The van der Waals surface area contributed by atoms with E-state index in [1.165, 1.54) is 7.11 Å². The number of cyclic esters (lactones) is 1. The smallest absolute Gasteiger partial charge is 0.489 e. The second-order valence-electron chi connectivity index (χ2n) is 5.75. The second-order valence-corrected chi connectivity index (χ2v) is 5.75. The third kappa shape index (κ3) is 3.69. The van der Waals surface area contributed by atoms with E-state index in [9.17, 15) is 28.0 Å². The van der Waals surface area contributed by atoms with Gasteiger partial charge in [0.25, 0.3) is 0 Å². The molecule has 0 spiro atoms. The summed E-state index contributed by atoms with van der Waals surface area (Å²) >= 11 is 0. The number of carbonyl (C=O) groups excluding carboxylic acids is 1. The summed E-state index contributed by atoms with van der Waals surface area (Å²) in [6, 6.07) is 7.56. The van der Waals surface area contributed by atoms with Gasteiger partial charge in [-0.2, -0.15) is 13.2 Å². The fraction of sp³-hybridized carbons (Fsp3) is 0.250. The number of fused-ring (bicyclic) bond motifs is 1. The van der Waals surface area contributed by atoms with Crippen LogP contribution in [0.3, 0.4) is 0 Å². The molecule has 1 amide bonds. The predicted molar refractivity (Wildman–Crippen MR) is 88.5 cm³/mol. The van der Waals surface area contributed by atoms with Gasteiger partial charge in [0.05, 0.1) is 13.7 Å². The number of alkyl halides is 3. The molecule has 7 nitrogen and oxygen atoms in total. The van der Waals surface area contributed by atoms with Crippen molar-refractivity contribution < 1.29 is 37.5 Å². The number of benzene rings is 1. The Bertz CT molecular complexity index is 845. The number of methoxy groups -OCH3 is 1. The molecule has 1 aliphatic rings. The third-order valence-corrected chi connectivity index (χ3v) is 4.03. The van der Waals surface area contributed by atoms with Crippen molar-refractivity contribution in [1.82, 2.24) is 4.98 Å². The molecule has 0 saturated heterocycles. The van der Waals surface area contributed by atoms with E-state index in [-0.39, 0.29) is 12.4 Å². The quantitative estimate of drug-likeness (QED) is 0.780. The Morgan fingerprint density at radius 2 is 1.93 bits per heavy atom. The maximum Gasteiger partial charge on any atom is 0.489 e. The summed E-state index contributed by atoms with van der Waals surface area (Å²) in [4.78, 5) is 17.0. The van der Waals surface area contributed by atoms with E-state index < -0.39 is 36.5 Å². The molecule has 1 aromatic heterocycles. The van der Waals surface area contributed by atoms with Crippen LogP contribution in [0.25, 0.3) is 0 Å². The molecule has 0 bridgehead atoms. The topological polar surface area (TPSA) is 92.1 Å². The number of ether oxygens (including phenoxy) is 2. The van der Waals surface area contributed by atoms with Gasteiger partial charge in [-0.25, -0.2) is 9.78 Å². The molecule has 2 aromatic rings. The van der Waals surface area contributed by atoms with Gasteiger partial charge in [0.2, 0.25) is 6.10 Å². The van der Waals surface area contributed by atoms with Crippen LogP contribution in [0.5, 0.6) is 5.75 Å². The first kappa shape index (κ1) is 19.0. The van der Waals surface area contributed by atoms with Crippen LogP contribution in [0.4, 0.5) is 23.8 Å². The largest absolute Gasteiger partial charge is 0.497 e. The molecule has 1 unspecified atom stereocenters. The summed E-state index contributed by atoms with van der Waals surface area (Å²) in [6.07, 6.45) is -7.72. The molecule has 0 aliphatic carbocycles. The Hall–Kier alpha value is -2.79. The second kappa shape index (κ2) is 7.08. The molecule has 27 heavy (non-hydrogen) atoms. The molecule has 0 radical (unpaired) electrons. The zero-order chi connectivity index (χ0) is 19.8. The molecule has 1 aromatic carbocycles. The summed E-state index contributed by atoms with van der Waals surface area (Å²) in [6.45, 7) is -0.127. The van der Waals surface area contributed by atoms with E-state index in [1.807, 2.05) is 0 Å². The highest BCUT2D eigenvalue weighted by Gasteiger charge is 2.51. The average molecular weight is 382 g/mol. The molecule has 0 fully saturated rings. The molecule has 0 saturated carbocycles. The number of hydrogen-bond acceptors (Lipinski definition) is 6.